The van der Waals surface area contributed by atoms with Crippen LogP contribution in [0.2, 0.25) is 0 Å². The quantitative estimate of drug-likeness (QED) is 0.730. The number of carbonyl (C=O) groups is 1. The molecule has 0 saturated heterocycles. The fraction of sp³-hybridized carbons (Fsp3) is 0.200. The summed E-state index contributed by atoms with van der Waals surface area (Å²) in [7, 11) is 0. The third kappa shape index (κ3) is 2.07. The lowest BCUT2D eigenvalue weighted by Crippen LogP contribution is -2.09. The molecule has 0 fully saturated rings. The molecule has 5 nitrogen and oxygen atoms in total. The Hall–Kier alpha value is -2.56. The van der Waals surface area contributed by atoms with Crippen LogP contribution in [0.15, 0.2) is 42.9 Å². The molecule has 0 spiro atoms. The zero-order valence-corrected chi connectivity index (χ0v) is 11.3. The van der Waals surface area contributed by atoms with E-state index in [0.717, 1.165) is 5.69 Å². The minimum Gasteiger partial charge on any atom is -0.299 e. The van der Waals surface area contributed by atoms with Crippen molar-refractivity contribution >= 4 is 16.9 Å². The number of aromatic nitrogens is 4. The van der Waals surface area contributed by atoms with E-state index in [1.54, 1.807) is 19.4 Å². The molecule has 0 radical (unpaired) electrons. The van der Waals surface area contributed by atoms with Gasteiger partial charge in [0.25, 0.3) is 0 Å². The smallest absolute Gasteiger partial charge is 0.168 e. The number of para-hydroxylation sites is 1. The minimum atomic E-state index is -0.307. The first-order chi connectivity index (χ1) is 9.66. The number of nitrogens with zero attached hydrogens (tertiary/aromatic N) is 4. The van der Waals surface area contributed by atoms with Gasteiger partial charge in [-0.15, -0.1) is 0 Å². The van der Waals surface area contributed by atoms with Gasteiger partial charge in [0.05, 0.1) is 12.1 Å². The molecule has 1 unspecified atom stereocenters. The highest BCUT2D eigenvalue weighted by Crippen LogP contribution is 2.18. The lowest BCUT2D eigenvalue weighted by atomic mass is 10.1. The van der Waals surface area contributed by atoms with Crippen LogP contribution in [0, 0.1) is 0 Å². The molecule has 0 aliphatic carbocycles. The second-order valence-corrected chi connectivity index (χ2v) is 4.72. The van der Waals surface area contributed by atoms with Crippen molar-refractivity contribution in [3.63, 3.8) is 0 Å². The number of hydrogen-bond donors (Lipinski definition) is 0. The number of fused-ring (bicyclic) bond motifs is 1. The number of ketones is 1. The van der Waals surface area contributed by atoms with Crippen molar-refractivity contribution in [1.82, 2.24) is 19.5 Å². The minimum absolute atomic E-state index is 0.0510. The van der Waals surface area contributed by atoms with E-state index >= 15 is 0 Å². The van der Waals surface area contributed by atoms with Gasteiger partial charge in [-0.1, -0.05) is 18.2 Å². The van der Waals surface area contributed by atoms with Gasteiger partial charge in [0.1, 0.15) is 23.5 Å². The van der Waals surface area contributed by atoms with Crippen LogP contribution < -0.4 is 0 Å². The van der Waals surface area contributed by atoms with Gasteiger partial charge in [0.2, 0.25) is 0 Å². The highest BCUT2D eigenvalue weighted by molar-refractivity contribution is 5.82. The van der Waals surface area contributed by atoms with Crippen molar-refractivity contribution in [2.45, 2.75) is 19.8 Å². The van der Waals surface area contributed by atoms with E-state index in [-0.39, 0.29) is 11.7 Å². The van der Waals surface area contributed by atoms with Crippen molar-refractivity contribution in [3.8, 4) is 5.69 Å². The molecule has 2 heterocycles. The van der Waals surface area contributed by atoms with Crippen LogP contribution in [0.4, 0.5) is 0 Å². The predicted molar refractivity (Wildman–Crippen MR) is 75.8 cm³/mol. The maximum atomic E-state index is 11.5. The van der Waals surface area contributed by atoms with Crippen LogP contribution in [-0.4, -0.2) is 25.3 Å². The van der Waals surface area contributed by atoms with Crippen molar-refractivity contribution in [3.05, 3.63) is 48.7 Å². The molecule has 0 aliphatic heterocycles. The predicted octanol–water partition coefficient (Wildman–Crippen LogP) is 2.51. The Morgan fingerprint density at radius 3 is 2.65 bits per heavy atom. The summed E-state index contributed by atoms with van der Waals surface area (Å²) >= 11 is 0. The van der Waals surface area contributed by atoms with E-state index in [1.807, 2.05) is 41.8 Å². The zero-order chi connectivity index (χ0) is 14.1. The molecule has 0 N–H and O–H groups in total. The summed E-state index contributed by atoms with van der Waals surface area (Å²) in [6, 6.07) is 9.85. The Labute approximate surface area is 116 Å². The van der Waals surface area contributed by atoms with Crippen LogP contribution in [0.5, 0.6) is 0 Å². The highest BCUT2D eigenvalue weighted by Gasteiger charge is 2.16. The molecule has 1 atom stereocenters. The Morgan fingerprint density at radius 1 is 1.20 bits per heavy atom. The molecular weight excluding hydrogens is 252 g/mol. The van der Waals surface area contributed by atoms with Crippen LogP contribution in [0.1, 0.15) is 25.6 Å². The summed E-state index contributed by atoms with van der Waals surface area (Å²) < 4.78 is 1.90. The van der Waals surface area contributed by atoms with Crippen molar-refractivity contribution < 1.29 is 4.79 Å². The van der Waals surface area contributed by atoms with Gasteiger partial charge in [-0.05, 0) is 26.0 Å². The molecule has 0 saturated carbocycles. The van der Waals surface area contributed by atoms with Gasteiger partial charge in [0.15, 0.2) is 5.65 Å². The summed E-state index contributed by atoms with van der Waals surface area (Å²) in [5.74, 6) is 0.274. The number of rotatable bonds is 3. The molecule has 0 amide bonds. The van der Waals surface area contributed by atoms with Gasteiger partial charge in [-0.2, -0.15) is 0 Å². The van der Waals surface area contributed by atoms with E-state index in [2.05, 4.69) is 15.0 Å². The number of carbonyl (C=O) groups excluding carboxylic acids is 1. The standard InChI is InChI=1S/C15H14N4O/c1-10(11(2)20)14-16-8-13-15(18-14)19(9-17-13)12-6-4-3-5-7-12/h3-10H,1-2H3. The largest absolute Gasteiger partial charge is 0.299 e. The third-order valence-electron chi connectivity index (χ3n) is 3.34. The maximum absolute atomic E-state index is 11.5. The number of Topliss-reactive ketones (excluding diaryl/α,β-unsaturated/α-hetero) is 1. The molecule has 100 valence electrons. The normalized spacial score (nSPS) is 12.5. The van der Waals surface area contributed by atoms with Gasteiger partial charge >= 0.3 is 0 Å². The Bertz CT molecular complexity index is 764. The highest BCUT2D eigenvalue weighted by atomic mass is 16.1. The number of imidazole rings is 1. The van der Waals surface area contributed by atoms with E-state index in [4.69, 9.17) is 0 Å². The van der Waals surface area contributed by atoms with Crippen molar-refractivity contribution in [2.75, 3.05) is 0 Å². The van der Waals surface area contributed by atoms with Crippen LogP contribution in [0.25, 0.3) is 16.9 Å². The number of hydrogen-bond acceptors (Lipinski definition) is 4. The van der Waals surface area contributed by atoms with Gasteiger partial charge in [-0.25, -0.2) is 15.0 Å². The molecule has 0 bridgehead atoms. The molecule has 20 heavy (non-hydrogen) atoms. The SMILES string of the molecule is CC(=O)C(C)c1ncc2ncn(-c3ccccc3)c2n1. The molecular formula is C15H14N4O. The molecule has 2 aromatic heterocycles. The summed E-state index contributed by atoms with van der Waals surface area (Å²) in [6.45, 7) is 3.36. The molecule has 3 aromatic rings. The fourth-order valence-corrected chi connectivity index (χ4v) is 1.99. The second-order valence-electron chi connectivity index (χ2n) is 4.72. The van der Waals surface area contributed by atoms with Gasteiger partial charge < -0.3 is 0 Å². The Morgan fingerprint density at radius 2 is 1.95 bits per heavy atom. The second kappa shape index (κ2) is 4.85. The summed E-state index contributed by atoms with van der Waals surface area (Å²) in [5, 5.41) is 0. The van der Waals surface area contributed by atoms with Crippen LogP contribution in [0.3, 0.4) is 0 Å². The average molecular weight is 266 g/mol. The van der Waals surface area contributed by atoms with E-state index in [1.165, 1.54) is 0 Å². The summed E-state index contributed by atoms with van der Waals surface area (Å²) in [4.78, 5) is 24.5. The number of benzene rings is 1. The average Bonchev–Trinajstić information content (AvgIpc) is 2.90. The first-order valence-corrected chi connectivity index (χ1v) is 6.42. The lowest BCUT2D eigenvalue weighted by molar-refractivity contribution is -0.118. The van der Waals surface area contributed by atoms with Gasteiger partial charge in [0, 0.05) is 5.69 Å². The third-order valence-corrected chi connectivity index (χ3v) is 3.34. The molecule has 0 aliphatic rings. The van der Waals surface area contributed by atoms with Crippen LogP contribution in [-0.2, 0) is 4.79 Å². The maximum Gasteiger partial charge on any atom is 0.168 e. The molecule has 5 heteroatoms. The fourth-order valence-electron chi connectivity index (χ4n) is 1.99. The topological polar surface area (TPSA) is 60.7 Å². The van der Waals surface area contributed by atoms with E-state index < -0.39 is 0 Å². The first kappa shape index (κ1) is 12.5. The first-order valence-electron chi connectivity index (χ1n) is 6.42. The lowest BCUT2D eigenvalue weighted by Gasteiger charge is -2.07. The zero-order valence-electron chi connectivity index (χ0n) is 11.3. The van der Waals surface area contributed by atoms with Crippen LogP contribution >= 0.6 is 0 Å². The van der Waals surface area contributed by atoms with E-state index in [0.29, 0.717) is 17.0 Å². The van der Waals surface area contributed by atoms with Crippen molar-refractivity contribution in [2.24, 2.45) is 0 Å². The Kier molecular flexibility index (Phi) is 3.02. The summed E-state index contributed by atoms with van der Waals surface area (Å²) in [6.07, 6.45) is 3.38. The molecule has 3 rings (SSSR count). The van der Waals surface area contributed by atoms with Gasteiger partial charge in [-0.3, -0.25) is 9.36 Å². The molecule has 1 aromatic carbocycles. The summed E-state index contributed by atoms with van der Waals surface area (Å²) in [5.41, 5.74) is 2.41. The van der Waals surface area contributed by atoms with Crippen molar-refractivity contribution in [1.29, 1.82) is 0 Å². The Balaban J connectivity index is 2.16. The van der Waals surface area contributed by atoms with E-state index in [9.17, 15) is 4.79 Å². The monoisotopic (exact) mass is 266 g/mol.